The highest BCUT2D eigenvalue weighted by molar-refractivity contribution is 8.49. The van der Waals surface area contributed by atoms with Gasteiger partial charge in [0, 0.05) is 6.20 Å². The van der Waals surface area contributed by atoms with Crippen molar-refractivity contribution in [2.75, 3.05) is 13.2 Å². The van der Waals surface area contributed by atoms with Crippen molar-refractivity contribution in [2.45, 2.75) is 0 Å². The van der Waals surface area contributed by atoms with Crippen molar-refractivity contribution < 1.29 is 9.47 Å². The third-order valence-corrected chi connectivity index (χ3v) is 11.5. The smallest absolute Gasteiger partial charge is 0.208 e. The van der Waals surface area contributed by atoms with Crippen LogP contribution < -0.4 is 0 Å². The van der Waals surface area contributed by atoms with Gasteiger partial charge in [-0.2, -0.15) is 0 Å². The second-order valence-electron chi connectivity index (χ2n) is 4.75. The van der Waals surface area contributed by atoms with E-state index in [0.29, 0.717) is 13.2 Å². The van der Waals surface area contributed by atoms with Crippen LogP contribution in [-0.4, -0.2) is 18.2 Å². The van der Waals surface area contributed by atoms with Crippen molar-refractivity contribution in [3.05, 3.63) is 61.5 Å². The Kier molecular flexibility index (Phi) is 4.57. The Hall–Kier alpha value is -0.190. The fraction of sp³-hybridized carbons (Fsp3) is 0.133. The van der Waals surface area contributed by atoms with E-state index in [1.54, 1.807) is 23.5 Å². The summed E-state index contributed by atoms with van der Waals surface area (Å²) in [6, 6.07) is 5.99. The predicted molar refractivity (Wildman–Crippen MR) is 111 cm³/mol. The van der Waals surface area contributed by atoms with Gasteiger partial charge in [-0.1, -0.05) is 53.1 Å². The fourth-order valence-electron chi connectivity index (χ4n) is 2.13. The van der Waals surface area contributed by atoms with E-state index in [2.05, 4.69) is 11.1 Å². The molecule has 0 amide bonds. The van der Waals surface area contributed by atoms with Crippen LogP contribution in [0.2, 0.25) is 0 Å². The zero-order valence-corrected chi connectivity index (χ0v) is 16.9. The normalized spacial score (nSPS) is 22.6. The number of hydrogen-bond donors (Lipinski definition) is 0. The minimum atomic E-state index is 0.650. The van der Waals surface area contributed by atoms with E-state index in [0.717, 1.165) is 15.9 Å². The van der Waals surface area contributed by atoms with Crippen LogP contribution in [0.4, 0.5) is 0 Å². The number of rotatable bonds is 1. The van der Waals surface area contributed by atoms with E-state index in [-0.39, 0.29) is 0 Å². The molecule has 0 bridgehead atoms. The Morgan fingerprint density at radius 1 is 0.792 bits per heavy atom. The van der Waals surface area contributed by atoms with Crippen LogP contribution in [0.15, 0.2) is 55.8 Å². The number of ether oxygens (including phenoxy) is 2. The van der Waals surface area contributed by atoms with E-state index >= 15 is 0 Å². The van der Waals surface area contributed by atoms with Crippen LogP contribution >= 0.6 is 70.6 Å². The van der Waals surface area contributed by atoms with E-state index in [1.165, 1.54) is 21.2 Å². The lowest BCUT2D eigenvalue weighted by Crippen LogP contribution is -2.08. The van der Waals surface area contributed by atoms with Gasteiger partial charge in [-0.05, 0) is 41.7 Å². The van der Waals surface area contributed by atoms with Gasteiger partial charge in [-0.15, -0.1) is 0 Å². The highest BCUT2D eigenvalue weighted by atomic mass is 32.3. The second kappa shape index (κ2) is 6.85. The molecule has 9 heteroatoms. The highest BCUT2D eigenvalue weighted by Crippen LogP contribution is 2.69. The SMILES string of the molecule is C(=C1SC2=C(S1)SC(=C1SC3=C(OCCO3)S1)S2)c1ccccn1. The maximum absolute atomic E-state index is 5.67. The van der Waals surface area contributed by atoms with Crippen LogP contribution in [0.3, 0.4) is 0 Å². The van der Waals surface area contributed by atoms with Gasteiger partial charge in [-0.3, -0.25) is 4.98 Å². The molecule has 0 spiro atoms. The Balaban J connectivity index is 1.28. The first-order valence-electron chi connectivity index (χ1n) is 7.03. The molecular weight excluding hydrogens is 419 g/mol. The third kappa shape index (κ3) is 3.14. The van der Waals surface area contributed by atoms with Crippen molar-refractivity contribution >= 4 is 76.6 Å². The van der Waals surface area contributed by atoms with Crippen molar-refractivity contribution in [1.82, 2.24) is 4.98 Å². The number of hydrogen-bond acceptors (Lipinski definition) is 9. The third-order valence-electron chi connectivity index (χ3n) is 3.13. The maximum Gasteiger partial charge on any atom is 0.208 e. The number of thioether (sulfide) groups is 6. The summed E-state index contributed by atoms with van der Waals surface area (Å²) in [5.74, 6) is 0. The molecule has 0 fully saturated rings. The first-order valence-corrected chi connectivity index (χ1v) is 11.9. The van der Waals surface area contributed by atoms with Crippen molar-refractivity contribution in [3.8, 4) is 0 Å². The van der Waals surface area contributed by atoms with E-state index < -0.39 is 0 Å². The molecule has 0 saturated carbocycles. The molecule has 0 unspecified atom stereocenters. The molecular formula is C15H9NO2S6. The van der Waals surface area contributed by atoms with Crippen LogP contribution in [0.25, 0.3) is 6.08 Å². The molecule has 122 valence electrons. The Morgan fingerprint density at radius 2 is 1.42 bits per heavy atom. The van der Waals surface area contributed by atoms with Gasteiger partial charge in [0.05, 0.1) is 26.9 Å². The molecule has 24 heavy (non-hydrogen) atoms. The van der Waals surface area contributed by atoms with Crippen molar-refractivity contribution in [1.29, 1.82) is 0 Å². The zero-order valence-electron chi connectivity index (χ0n) is 12.0. The average molecular weight is 428 g/mol. The Morgan fingerprint density at radius 3 is 2.04 bits per heavy atom. The zero-order chi connectivity index (χ0) is 15.9. The van der Waals surface area contributed by atoms with Gasteiger partial charge >= 0.3 is 0 Å². The first-order chi connectivity index (χ1) is 11.8. The number of nitrogens with zero attached hydrogens (tertiary/aromatic N) is 1. The standard InChI is InChI=1S/C15H9NO2S6/c1-2-4-16-8(3-1)7-9-19-12-13(20-9)24-15(23-12)14-21-10-11(22-14)18-6-5-17-10/h1-4,7H,5-6H2. The molecule has 0 N–H and O–H groups in total. The lowest BCUT2D eigenvalue weighted by atomic mass is 10.3. The quantitative estimate of drug-likeness (QED) is 0.516. The molecule has 1 aromatic rings. The molecule has 0 saturated heterocycles. The summed E-state index contributed by atoms with van der Waals surface area (Å²) < 4.78 is 18.0. The lowest BCUT2D eigenvalue weighted by Gasteiger charge is -2.13. The summed E-state index contributed by atoms with van der Waals surface area (Å²) in [4.78, 5) is 4.37. The molecule has 0 aromatic carbocycles. The Labute approximate surface area is 164 Å². The topological polar surface area (TPSA) is 31.4 Å². The maximum atomic E-state index is 5.67. The summed E-state index contributed by atoms with van der Waals surface area (Å²) in [6.45, 7) is 1.30. The van der Waals surface area contributed by atoms with Crippen LogP contribution in [0, 0.1) is 0 Å². The minimum absolute atomic E-state index is 0.650. The van der Waals surface area contributed by atoms with E-state index in [4.69, 9.17) is 9.47 Å². The molecule has 0 atom stereocenters. The fourth-order valence-corrected chi connectivity index (χ4v) is 11.0. The first kappa shape index (κ1) is 16.0. The van der Waals surface area contributed by atoms with E-state index in [9.17, 15) is 0 Å². The summed E-state index contributed by atoms with van der Waals surface area (Å²) in [5.41, 5.74) is 1.01. The highest BCUT2D eigenvalue weighted by Gasteiger charge is 2.36. The van der Waals surface area contributed by atoms with Gasteiger partial charge < -0.3 is 9.47 Å². The van der Waals surface area contributed by atoms with Gasteiger partial charge in [-0.25, -0.2) is 0 Å². The molecule has 1 aromatic heterocycles. The molecule has 5 rings (SSSR count). The number of aromatic nitrogens is 1. The molecule has 0 radical (unpaired) electrons. The second-order valence-corrected chi connectivity index (χ2v) is 12.2. The van der Waals surface area contributed by atoms with Gasteiger partial charge in [0.2, 0.25) is 10.2 Å². The molecule has 0 aliphatic carbocycles. The Bertz CT molecular complexity index is 788. The van der Waals surface area contributed by atoms with Crippen LogP contribution in [-0.2, 0) is 9.47 Å². The summed E-state index contributed by atoms with van der Waals surface area (Å²) >= 11 is 10.8. The molecule has 4 aliphatic rings. The minimum Gasteiger partial charge on any atom is -0.480 e. The largest absolute Gasteiger partial charge is 0.480 e. The van der Waals surface area contributed by atoms with Gasteiger partial charge in [0.15, 0.2) is 0 Å². The summed E-state index contributed by atoms with van der Waals surface area (Å²) in [7, 11) is 0. The molecule has 5 heterocycles. The van der Waals surface area contributed by atoms with Crippen molar-refractivity contribution in [3.63, 3.8) is 0 Å². The summed E-state index contributed by atoms with van der Waals surface area (Å²) in [5, 5.41) is 1.86. The van der Waals surface area contributed by atoms with Crippen LogP contribution in [0.5, 0.6) is 0 Å². The molecule has 3 nitrogen and oxygen atoms in total. The average Bonchev–Trinajstić information content (AvgIpc) is 3.27. The summed E-state index contributed by atoms with van der Waals surface area (Å²) in [6.07, 6.45) is 3.99. The van der Waals surface area contributed by atoms with E-state index in [1.807, 2.05) is 71.4 Å². The predicted octanol–water partition coefficient (Wildman–Crippen LogP) is 6.25. The van der Waals surface area contributed by atoms with Gasteiger partial charge in [0.25, 0.3) is 0 Å². The lowest BCUT2D eigenvalue weighted by molar-refractivity contribution is 0.0949. The van der Waals surface area contributed by atoms with Crippen LogP contribution in [0.1, 0.15) is 5.69 Å². The van der Waals surface area contributed by atoms with Crippen molar-refractivity contribution in [2.24, 2.45) is 0 Å². The molecule has 4 aliphatic heterocycles. The van der Waals surface area contributed by atoms with Gasteiger partial charge in [0.1, 0.15) is 13.2 Å². The number of pyridine rings is 1. The monoisotopic (exact) mass is 427 g/mol.